The van der Waals surface area contributed by atoms with Crippen LogP contribution in [0.3, 0.4) is 0 Å². The van der Waals surface area contributed by atoms with Gasteiger partial charge in [0.1, 0.15) is 5.88 Å². The summed E-state index contributed by atoms with van der Waals surface area (Å²) < 4.78 is 0. The van der Waals surface area contributed by atoms with E-state index in [-0.39, 0.29) is 17.3 Å². The van der Waals surface area contributed by atoms with Crippen molar-refractivity contribution in [3.63, 3.8) is 0 Å². The zero-order chi connectivity index (χ0) is 8.32. The molecule has 1 aliphatic rings. The van der Waals surface area contributed by atoms with Crippen LogP contribution >= 0.6 is 11.6 Å². The summed E-state index contributed by atoms with van der Waals surface area (Å²) in [5.41, 5.74) is 0.0337. The summed E-state index contributed by atoms with van der Waals surface area (Å²) in [6.07, 6.45) is 4.63. The standard InChI is InChI=1S/C8H14ClNO/c1-8(4-2-3-5-8)10-7(11)6-9/h2-6H2,1H3,(H,10,11). The molecule has 1 N–H and O–H groups in total. The maximum atomic E-state index is 10.9. The summed E-state index contributed by atoms with van der Waals surface area (Å²) in [5.74, 6) is 0.0336. The zero-order valence-electron chi connectivity index (χ0n) is 6.82. The molecule has 0 aromatic rings. The maximum Gasteiger partial charge on any atom is 0.235 e. The quantitative estimate of drug-likeness (QED) is 0.636. The molecule has 64 valence electrons. The minimum absolute atomic E-state index is 0.0337. The van der Waals surface area contributed by atoms with Crippen LogP contribution in [0.4, 0.5) is 0 Å². The molecule has 0 bridgehead atoms. The molecular weight excluding hydrogens is 162 g/mol. The molecule has 3 heteroatoms. The van der Waals surface area contributed by atoms with Gasteiger partial charge in [-0.2, -0.15) is 0 Å². The van der Waals surface area contributed by atoms with Crippen molar-refractivity contribution in [3.05, 3.63) is 0 Å². The van der Waals surface area contributed by atoms with E-state index in [9.17, 15) is 4.79 Å². The Morgan fingerprint density at radius 3 is 2.55 bits per heavy atom. The predicted octanol–water partition coefficient (Wildman–Crippen LogP) is 1.67. The van der Waals surface area contributed by atoms with Crippen molar-refractivity contribution in [2.24, 2.45) is 0 Å². The minimum atomic E-state index is -0.0453. The highest BCUT2D eigenvalue weighted by Crippen LogP contribution is 2.28. The van der Waals surface area contributed by atoms with Crippen molar-refractivity contribution in [2.45, 2.75) is 38.1 Å². The second-order valence-electron chi connectivity index (χ2n) is 3.45. The Morgan fingerprint density at radius 2 is 2.09 bits per heavy atom. The number of alkyl halides is 1. The van der Waals surface area contributed by atoms with Crippen LogP contribution in [0.2, 0.25) is 0 Å². The fraction of sp³-hybridized carbons (Fsp3) is 0.875. The van der Waals surface area contributed by atoms with Crippen LogP contribution in [0.25, 0.3) is 0 Å². The van der Waals surface area contributed by atoms with Gasteiger partial charge in [-0.05, 0) is 19.8 Å². The number of rotatable bonds is 2. The van der Waals surface area contributed by atoms with Crippen LogP contribution in [0.15, 0.2) is 0 Å². The first kappa shape index (κ1) is 8.85. The van der Waals surface area contributed by atoms with Gasteiger partial charge in [-0.25, -0.2) is 0 Å². The van der Waals surface area contributed by atoms with E-state index in [0.29, 0.717) is 0 Å². The molecule has 0 saturated heterocycles. The summed E-state index contributed by atoms with van der Waals surface area (Å²) in [7, 11) is 0. The lowest BCUT2D eigenvalue weighted by atomic mass is 10.0. The molecule has 1 fully saturated rings. The molecule has 0 heterocycles. The van der Waals surface area contributed by atoms with Crippen LogP contribution < -0.4 is 5.32 Å². The van der Waals surface area contributed by atoms with E-state index in [4.69, 9.17) is 11.6 Å². The first-order chi connectivity index (χ1) is 5.16. The normalized spacial score (nSPS) is 21.6. The van der Waals surface area contributed by atoms with Crippen molar-refractivity contribution >= 4 is 17.5 Å². The lowest BCUT2D eigenvalue weighted by Gasteiger charge is -2.24. The average molecular weight is 176 g/mol. The number of hydrogen-bond donors (Lipinski definition) is 1. The van der Waals surface area contributed by atoms with Crippen LogP contribution in [0.1, 0.15) is 32.6 Å². The third kappa shape index (κ3) is 2.37. The Labute approximate surface area is 72.3 Å². The van der Waals surface area contributed by atoms with Crippen LogP contribution in [0.5, 0.6) is 0 Å². The van der Waals surface area contributed by atoms with Crippen LogP contribution in [-0.4, -0.2) is 17.3 Å². The van der Waals surface area contributed by atoms with Crippen molar-refractivity contribution in [1.82, 2.24) is 5.32 Å². The lowest BCUT2D eigenvalue weighted by molar-refractivity contribution is -0.120. The Balaban J connectivity index is 2.39. The molecule has 0 atom stereocenters. The third-order valence-electron chi connectivity index (χ3n) is 2.27. The number of hydrogen-bond acceptors (Lipinski definition) is 1. The summed E-state index contributed by atoms with van der Waals surface area (Å²) in [5, 5.41) is 2.93. The van der Waals surface area contributed by atoms with Gasteiger partial charge in [-0.3, -0.25) is 4.79 Å². The van der Waals surface area contributed by atoms with E-state index in [1.165, 1.54) is 12.8 Å². The largest absolute Gasteiger partial charge is 0.350 e. The smallest absolute Gasteiger partial charge is 0.235 e. The van der Waals surface area contributed by atoms with Gasteiger partial charge in [0.15, 0.2) is 0 Å². The summed E-state index contributed by atoms with van der Waals surface area (Å²) in [6.45, 7) is 2.09. The highest BCUT2D eigenvalue weighted by molar-refractivity contribution is 6.27. The Morgan fingerprint density at radius 1 is 1.55 bits per heavy atom. The van der Waals surface area contributed by atoms with E-state index in [0.717, 1.165) is 12.8 Å². The monoisotopic (exact) mass is 175 g/mol. The van der Waals surface area contributed by atoms with E-state index in [1.807, 2.05) is 0 Å². The molecule has 1 aliphatic carbocycles. The van der Waals surface area contributed by atoms with Gasteiger partial charge in [0.2, 0.25) is 5.91 Å². The molecule has 0 aromatic heterocycles. The molecule has 11 heavy (non-hydrogen) atoms. The zero-order valence-corrected chi connectivity index (χ0v) is 7.58. The second-order valence-corrected chi connectivity index (χ2v) is 3.72. The van der Waals surface area contributed by atoms with Gasteiger partial charge in [-0.15, -0.1) is 11.6 Å². The average Bonchev–Trinajstić information content (AvgIpc) is 2.36. The lowest BCUT2D eigenvalue weighted by Crippen LogP contribution is -2.44. The van der Waals surface area contributed by atoms with E-state index < -0.39 is 0 Å². The molecule has 2 nitrogen and oxygen atoms in total. The van der Waals surface area contributed by atoms with E-state index in [2.05, 4.69) is 12.2 Å². The van der Waals surface area contributed by atoms with Crippen molar-refractivity contribution in [1.29, 1.82) is 0 Å². The summed E-state index contributed by atoms with van der Waals surface area (Å²) in [6, 6.07) is 0. The molecule has 1 amide bonds. The minimum Gasteiger partial charge on any atom is -0.350 e. The molecule has 1 rings (SSSR count). The molecule has 0 aromatic carbocycles. The first-order valence-electron chi connectivity index (χ1n) is 4.03. The topological polar surface area (TPSA) is 29.1 Å². The van der Waals surface area contributed by atoms with Gasteiger partial charge >= 0.3 is 0 Å². The van der Waals surface area contributed by atoms with Crippen molar-refractivity contribution < 1.29 is 4.79 Å². The number of carbonyl (C=O) groups excluding carboxylic acids is 1. The van der Waals surface area contributed by atoms with Crippen LogP contribution in [-0.2, 0) is 4.79 Å². The predicted molar refractivity (Wildman–Crippen MR) is 45.7 cm³/mol. The van der Waals surface area contributed by atoms with Gasteiger partial charge in [-0.1, -0.05) is 12.8 Å². The first-order valence-corrected chi connectivity index (χ1v) is 4.57. The Hall–Kier alpha value is -0.240. The highest BCUT2D eigenvalue weighted by Gasteiger charge is 2.29. The Kier molecular flexibility index (Phi) is 2.77. The molecule has 0 unspecified atom stereocenters. The summed E-state index contributed by atoms with van der Waals surface area (Å²) in [4.78, 5) is 10.9. The Bertz CT molecular complexity index is 152. The highest BCUT2D eigenvalue weighted by atomic mass is 35.5. The van der Waals surface area contributed by atoms with Gasteiger partial charge in [0, 0.05) is 5.54 Å². The number of amides is 1. The fourth-order valence-corrected chi connectivity index (χ4v) is 1.72. The molecule has 0 aliphatic heterocycles. The molecule has 1 saturated carbocycles. The van der Waals surface area contributed by atoms with Crippen LogP contribution in [0, 0.1) is 0 Å². The van der Waals surface area contributed by atoms with E-state index in [1.54, 1.807) is 0 Å². The summed E-state index contributed by atoms with van der Waals surface area (Å²) >= 11 is 5.38. The number of nitrogens with one attached hydrogen (secondary N) is 1. The van der Waals surface area contributed by atoms with Gasteiger partial charge in [0.05, 0.1) is 0 Å². The van der Waals surface area contributed by atoms with Gasteiger partial charge < -0.3 is 5.32 Å². The molecular formula is C8H14ClNO. The molecule has 0 radical (unpaired) electrons. The molecule has 0 spiro atoms. The SMILES string of the molecule is CC1(NC(=O)CCl)CCCC1. The van der Waals surface area contributed by atoms with Crippen molar-refractivity contribution in [3.8, 4) is 0 Å². The number of carbonyl (C=O) groups is 1. The second kappa shape index (κ2) is 3.44. The van der Waals surface area contributed by atoms with E-state index >= 15 is 0 Å². The maximum absolute atomic E-state index is 10.9. The van der Waals surface area contributed by atoms with Crippen molar-refractivity contribution in [2.75, 3.05) is 5.88 Å². The van der Waals surface area contributed by atoms with Gasteiger partial charge in [0.25, 0.3) is 0 Å². The third-order valence-corrected chi connectivity index (χ3v) is 2.51. The fourth-order valence-electron chi connectivity index (χ4n) is 1.65. The number of halogens is 1.